The highest BCUT2D eigenvalue weighted by Gasteiger charge is 2.35. The number of hydrogen-bond donors (Lipinski definition) is 0. The smallest absolute Gasteiger partial charge is 0.0781 e. The molecule has 16 heavy (non-hydrogen) atoms. The summed E-state index contributed by atoms with van der Waals surface area (Å²) in [5.74, 6) is 1.53. The molecular weight excluding hydrogens is 264 g/mol. The monoisotopic (exact) mass is 290 g/mol. The Hall–Kier alpha value is 0.440. The van der Waals surface area contributed by atoms with Crippen LogP contribution < -0.4 is 0 Å². The van der Waals surface area contributed by atoms with Gasteiger partial charge in [0.25, 0.3) is 0 Å². The van der Waals surface area contributed by atoms with Gasteiger partial charge in [0, 0.05) is 11.9 Å². The third-order valence-electron chi connectivity index (χ3n) is 3.75. The molecular formula is C14H27BrO. The van der Waals surface area contributed by atoms with Crippen LogP contribution in [0, 0.1) is 11.8 Å². The van der Waals surface area contributed by atoms with Gasteiger partial charge in [-0.1, -0.05) is 56.0 Å². The van der Waals surface area contributed by atoms with E-state index in [-0.39, 0.29) is 5.60 Å². The number of alkyl halides is 1. The van der Waals surface area contributed by atoms with E-state index in [9.17, 15) is 0 Å². The Balaban J connectivity index is 2.40. The maximum absolute atomic E-state index is 6.26. The molecule has 0 heterocycles. The van der Waals surface area contributed by atoms with Gasteiger partial charge in [0.15, 0.2) is 0 Å². The van der Waals surface area contributed by atoms with E-state index in [1.54, 1.807) is 0 Å². The van der Waals surface area contributed by atoms with Crippen molar-refractivity contribution in [1.29, 1.82) is 0 Å². The molecule has 3 atom stereocenters. The van der Waals surface area contributed by atoms with Crippen LogP contribution in [0.3, 0.4) is 0 Å². The van der Waals surface area contributed by atoms with Crippen LogP contribution in [0.15, 0.2) is 0 Å². The third-order valence-corrected chi connectivity index (χ3v) is 4.77. The maximum Gasteiger partial charge on any atom is 0.0781 e. The van der Waals surface area contributed by atoms with Crippen LogP contribution in [0.2, 0.25) is 0 Å². The lowest BCUT2D eigenvalue weighted by atomic mass is 9.80. The van der Waals surface area contributed by atoms with Crippen LogP contribution in [0.5, 0.6) is 0 Å². The van der Waals surface area contributed by atoms with Gasteiger partial charge < -0.3 is 4.74 Å². The minimum absolute atomic E-state index is 0.139. The molecule has 96 valence electrons. The molecule has 0 aliphatic heterocycles. The van der Waals surface area contributed by atoms with Crippen molar-refractivity contribution in [2.45, 2.75) is 64.9 Å². The Morgan fingerprint density at radius 1 is 1.50 bits per heavy atom. The highest BCUT2D eigenvalue weighted by atomic mass is 79.9. The number of halogens is 1. The average Bonchev–Trinajstić information content (AvgIpc) is 2.27. The molecule has 1 fully saturated rings. The fourth-order valence-corrected chi connectivity index (χ4v) is 3.47. The minimum atomic E-state index is 0.139. The van der Waals surface area contributed by atoms with Gasteiger partial charge in [0.1, 0.15) is 0 Å². The lowest BCUT2D eigenvalue weighted by Gasteiger charge is -2.39. The number of ether oxygens (including phenoxy) is 1. The molecule has 0 aromatic heterocycles. The van der Waals surface area contributed by atoms with Crippen molar-refractivity contribution in [3.05, 3.63) is 0 Å². The van der Waals surface area contributed by atoms with Gasteiger partial charge in [-0.05, 0) is 31.1 Å². The Kier molecular flexibility index (Phi) is 6.35. The molecule has 0 amide bonds. The van der Waals surface area contributed by atoms with E-state index in [1.165, 1.54) is 38.5 Å². The molecule has 1 aliphatic rings. The zero-order valence-electron chi connectivity index (χ0n) is 11.1. The standard InChI is InChI=1S/C14H27BrO/c1-4-6-13(3)10-16-14(11-15)8-5-7-12(2)9-14/h12-13H,4-11H2,1-3H3. The second-order valence-corrected chi connectivity index (χ2v) is 6.28. The summed E-state index contributed by atoms with van der Waals surface area (Å²) >= 11 is 3.66. The van der Waals surface area contributed by atoms with E-state index < -0.39 is 0 Å². The highest BCUT2D eigenvalue weighted by molar-refractivity contribution is 9.09. The van der Waals surface area contributed by atoms with Crippen LogP contribution in [-0.4, -0.2) is 17.5 Å². The normalized spacial score (nSPS) is 32.6. The van der Waals surface area contributed by atoms with E-state index in [2.05, 4.69) is 36.7 Å². The zero-order chi connectivity index (χ0) is 12.0. The lowest BCUT2D eigenvalue weighted by Crippen LogP contribution is -2.40. The van der Waals surface area contributed by atoms with Gasteiger partial charge in [-0.3, -0.25) is 0 Å². The molecule has 1 nitrogen and oxygen atoms in total. The first-order chi connectivity index (χ1) is 7.62. The Labute approximate surface area is 109 Å². The van der Waals surface area contributed by atoms with E-state index >= 15 is 0 Å². The lowest BCUT2D eigenvalue weighted by molar-refractivity contribution is -0.0751. The minimum Gasteiger partial charge on any atom is -0.374 e. The van der Waals surface area contributed by atoms with E-state index in [1.807, 2.05) is 0 Å². The first-order valence-corrected chi connectivity index (χ1v) is 7.94. The molecule has 0 N–H and O–H groups in total. The van der Waals surface area contributed by atoms with Crippen molar-refractivity contribution in [3.63, 3.8) is 0 Å². The molecule has 0 bridgehead atoms. The van der Waals surface area contributed by atoms with E-state index in [0.717, 1.165) is 17.9 Å². The number of rotatable bonds is 6. The summed E-state index contributed by atoms with van der Waals surface area (Å²) in [7, 11) is 0. The summed E-state index contributed by atoms with van der Waals surface area (Å²) in [4.78, 5) is 0. The van der Waals surface area contributed by atoms with Gasteiger partial charge in [-0.25, -0.2) is 0 Å². The second-order valence-electron chi connectivity index (χ2n) is 5.72. The van der Waals surface area contributed by atoms with Gasteiger partial charge in [-0.2, -0.15) is 0 Å². The van der Waals surface area contributed by atoms with Crippen LogP contribution >= 0.6 is 15.9 Å². The van der Waals surface area contributed by atoms with Crippen LogP contribution in [0.4, 0.5) is 0 Å². The summed E-state index contributed by atoms with van der Waals surface area (Å²) < 4.78 is 6.26. The Morgan fingerprint density at radius 2 is 2.25 bits per heavy atom. The van der Waals surface area contributed by atoms with Crippen LogP contribution in [0.25, 0.3) is 0 Å². The van der Waals surface area contributed by atoms with Crippen molar-refractivity contribution < 1.29 is 4.74 Å². The zero-order valence-corrected chi connectivity index (χ0v) is 12.7. The quantitative estimate of drug-likeness (QED) is 0.640. The predicted octanol–water partition coefficient (Wildman–Crippen LogP) is 4.78. The van der Waals surface area contributed by atoms with Crippen molar-refractivity contribution in [3.8, 4) is 0 Å². The predicted molar refractivity (Wildman–Crippen MR) is 74.2 cm³/mol. The summed E-state index contributed by atoms with van der Waals surface area (Å²) in [5.41, 5.74) is 0.139. The summed E-state index contributed by atoms with van der Waals surface area (Å²) in [6, 6.07) is 0. The summed E-state index contributed by atoms with van der Waals surface area (Å²) in [6.07, 6.45) is 7.73. The van der Waals surface area contributed by atoms with Crippen molar-refractivity contribution in [2.75, 3.05) is 11.9 Å². The molecule has 3 unspecified atom stereocenters. The Bertz CT molecular complexity index is 195. The molecule has 2 heteroatoms. The SMILES string of the molecule is CCCC(C)COC1(CBr)CCCC(C)C1. The molecule has 0 saturated heterocycles. The van der Waals surface area contributed by atoms with Gasteiger partial charge >= 0.3 is 0 Å². The van der Waals surface area contributed by atoms with Gasteiger partial charge in [0.05, 0.1) is 5.60 Å². The molecule has 0 aromatic carbocycles. The molecule has 0 aromatic rings. The molecule has 0 spiro atoms. The Morgan fingerprint density at radius 3 is 2.81 bits per heavy atom. The average molecular weight is 291 g/mol. The van der Waals surface area contributed by atoms with E-state index in [0.29, 0.717) is 5.92 Å². The first-order valence-electron chi connectivity index (χ1n) is 6.82. The van der Waals surface area contributed by atoms with E-state index in [4.69, 9.17) is 4.74 Å². The van der Waals surface area contributed by atoms with Crippen LogP contribution in [0.1, 0.15) is 59.3 Å². The maximum atomic E-state index is 6.26. The van der Waals surface area contributed by atoms with Gasteiger partial charge in [0.2, 0.25) is 0 Å². The number of hydrogen-bond acceptors (Lipinski definition) is 1. The van der Waals surface area contributed by atoms with Crippen molar-refractivity contribution in [2.24, 2.45) is 11.8 Å². The second kappa shape index (κ2) is 7.00. The first kappa shape index (κ1) is 14.5. The largest absolute Gasteiger partial charge is 0.374 e. The molecule has 0 radical (unpaired) electrons. The van der Waals surface area contributed by atoms with Crippen molar-refractivity contribution in [1.82, 2.24) is 0 Å². The fourth-order valence-electron chi connectivity index (χ4n) is 2.80. The topological polar surface area (TPSA) is 9.23 Å². The van der Waals surface area contributed by atoms with Crippen molar-refractivity contribution >= 4 is 15.9 Å². The molecule has 1 rings (SSSR count). The molecule has 1 aliphatic carbocycles. The van der Waals surface area contributed by atoms with Crippen LogP contribution in [-0.2, 0) is 4.74 Å². The summed E-state index contributed by atoms with van der Waals surface area (Å²) in [6.45, 7) is 7.85. The highest BCUT2D eigenvalue weighted by Crippen LogP contribution is 2.36. The third kappa shape index (κ3) is 4.37. The van der Waals surface area contributed by atoms with Gasteiger partial charge in [-0.15, -0.1) is 0 Å². The summed E-state index contributed by atoms with van der Waals surface area (Å²) in [5, 5.41) is 1.00. The fraction of sp³-hybridized carbons (Fsp3) is 1.00. The molecule has 1 saturated carbocycles.